The van der Waals surface area contributed by atoms with Crippen LogP contribution in [0.4, 0.5) is 0 Å². The summed E-state index contributed by atoms with van der Waals surface area (Å²) >= 11 is 0. The number of carboxylic acids is 1. The van der Waals surface area contributed by atoms with Crippen LogP contribution in [-0.4, -0.2) is 23.7 Å². The van der Waals surface area contributed by atoms with Gasteiger partial charge in [-0.2, -0.15) is 0 Å². The van der Waals surface area contributed by atoms with Gasteiger partial charge in [0.15, 0.2) is 0 Å². The second-order valence-corrected chi connectivity index (χ2v) is 5.40. The van der Waals surface area contributed by atoms with E-state index < -0.39 is 5.97 Å². The number of hydrogen-bond acceptors (Lipinski definition) is 3. The maximum atomic E-state index is 11.4. The van der Waals surface area contributed by atoms with Crippen molar-refractivity contribution in [1.82, 2.24) is 0 Å². The number of esters is 1. The summed E-state index contributed by atoms with van der Waals surface area (Å²) in [7, 11) is 0. The number of ether oxygens (including phenoxy) is 1. The summed E-state index contributed by atoms with van der Waals surface area (Å²) in [5.74, 6) is -1.64. The Kier molecular flexibility index (Phi) is 4.93. The molecule has 1 N–H and O–H groups in total. The standard InChI is InChI=1S/C14H22O4/c1-4-5-6-9-18-11(15)8-7-10-12(13(16)17)14(10,2)3/h7-8,10,12H,4-6,9H2,1-3H3,(H,16,17)/b8-7-/t10-,12-/m0/s1. The minimum Gasteiger partial charge on any atom is -0.481 e. The van der Waals surface area contributed by atoms with Crippen molar-refractivity contribution in [3.63, 3.8) is 0 Å². The van der Waals surface area contributed by atoms with Crippen molar-refractivity contribution in [3.05, 3.63) is 12.2 Å². The lowest BCUT2D eigenvalue weighted by Crippen LogP contribution is -2.03. The first-order valence-corrected chi connectivity index (χ1v) is 6.49. The zero-order valence-electron chi connectivity index (χ0n) is 11.3. The molecule has 0 aromatic rings. The van der Waals surface area contributed by atoms with Gasteiger partial charge in [-0.3, -0.25) is 4.79 Å². The van der Waals surface area contributed by atoms with E-state index in [0.717, 1.165) is 19.3 Å². The van der Waals surface area contributed by atoms with E-state index in [1.807, 2.05) is 13.8 Å². The van der Waals surface area contributed by atoms with E-state index in [9.17, 15) is 9.59 Å². The number of allylic oxidation sites excluding steroid dienone is 1. The van der Waals surface area contributed by atoms with Gasteiger partial charge in [0.2, 0.25) is 0 Å². The van der Waals surface area contributed by atoms with Gasteiger partial charge < -0.3 is 9.84 Å². The maximum Gasteiger partial charge on any atom is 0.330 e. The molecule has 0 saturated heterocycles. The fourth-order valence-electron chi connectivity index (χ4n) is 2.26. The molecule has 0 unspecified atom stereocenters. The molecule has 0 amide bonds. The molecule has 0 aliphatic heterocycles. The summed E-state index contributed by atoms with van der Waals surface area (Å²) < 4.78 is 5.01. The van der Waals surface area contributed by atoms with Gasteiger partial charge in [-0.05, 0) is 17.8 Å². The Hall–Kier alpha value is -1.32. The van der Waals surface area contributed by atoms with Gasteiger partial charge in [-0.1, -0.05) is 39.7 Å². The van der Waals surface area contributed by atoms with Gasteiger partial charge in [0.25, 0.3) is 0 Å². The van der Waals surface area contributed by atoms with Gasteiger partial charge in [-0.15, -0.1) is 0 Å². The topological polar surface area (TPSA) is 63.6 Å². The van der Waals surface area contributed by atoms with Gasteiger partial charge in [-0.25, -0.2) is 4.79 Å². The van der Waals surface area contributed by atoms with E-state index >= 15 is 0 Å². The van der Waals surface area contributed by atoms with Crippen LogP contribution in [0, 0.1) is 17.3 Å². The number of hydrogen-bond donors (Lipinski definition) is 1. The normalized spacial score (nSPS) is 25.1. The number of aliphatic carboxylic acids is 1. The van der Waals surface area contributed by atoms with E-state index in [1.165, 1.54) is 6.08 Å². The molecule has 0 aromatic heterocycles. The summed E-state index contributed by atoms with van der Waals surface area (Å²) in [6, 6.07) is 0. The number of unbranched alkanes of at least 4 members (excludes halogenated alkanes) is 2. The molecule has 0 radical (unpaired) electrons. The highest BCUT2D eigenvalue weighted by Gasteiger charge is 2.60. The van der Waals surface area contributed by atoms with Gasteiger partial charge in [0, 0.05) is 6.08 Å². The van der Waals surface area contributed by atoms with Gasteiger partial charge >= 0.3 is 11.9 Å². The number of rotatable bonds is 7. The van der Waals surface area contributed by atoms with Crippen molar-refractivity contribution in [3.8, 4) is 0 Å². The third-order valence-corrected chi connectivity index (χ3v) is 3.61. The molecule has 0 bridgehead atoms. The minimum absolute atomic E-state index is 0.0711. The largest absolute Gasteiger partial charge is 0.481 e. The Morgan fingerprint density at radius 2 is 2.00 bits per heavy atom. The number of carboxylic acid groups (broad SMARTS) is 1. The van der Waals surface area contributed by atoms with Crippen LogP contribution in [0.1, 0.15) is 40.0 Å². The predicted molar refractivity (Wildman–Crippen MR) is 68.0 cm³/mol. The highest BCUT2D eigenvalue weighted by Crippen LogP contribution is 2.58. The monoisotopic (exact) mass is 254 g/mol. The SMILES string of the molecule is CCCCCOC(=O)/C=C\[C@H]1[C@@H](C(=O)O)C1(C)C. The van der Waals surface area contributed by atoms with Crippen LogP contribution in [0.25, 0.3) is 0 Å². The molecule has 4 heteroatoms. The molecule has 1 fully saturated rings. The van der Waals surface area contributed by atoms with Crippen molar-refractivity contribution < 1.29 is 19.4 Å². The maximum absolute atomic E-state index is 11.4. The zero-order chi connectivity index (χ0) is 13.8. The summed E-state index contributed by atoms with van der Waals surface area (Å²) in [5.41, 5.74) is -0.259. The Labute approximate surface area is 108 Å². The fourth-order valence-corrected chi connectivity index (χ4v) is 2.26. The zero-order valence-corrected chi connectivity index (χ0v) is 11.3. The van der Waals surface area contributed by atoms with E-state index in [4.69, 9.17) is 9.84 Å². The van der Waals surface area contributed by atoms with E-state index in [0.29, 0.717) is 6.61 Å². The van der Waals surface area contributed by atoms with Crippen LogP contribution in [0.2, 0.25) is 0 Å². The fraction of sp³-hybridized carbons (Fsp3) is 0.714. The summed E-state index contributed by atoms with van der Waals surface area (Å²) in [6.07, 6.45) is 6.04. The first-order chi connectivity index (χ1) is 8.41. The highest BCUT2D eigenvalue weighted by atomic mass is 16.5. The van der Waals surface area contributed by atoms with Crippen LogP contribution in [-0.2, 0) is 14.3 Å². The highest BCUT2D eigenvalue weighted by molar-refractivity contribution is 5.83. The summed E-state index contributed by atoms with van der Waals surface area (Å²) in [5, 5.41) is 8.97. The summed E-state index contributed by atoms with van der Waals surface area (Å²) in [4.78, 5) is 22.3. The van der Waals surface area contributed by atoms with Crippen molar-refractivity contribution in [2.75, 3.05) is 6.61 Å². The Balaban J connectivity index is 2.33. The average molecular weight is 254 g/mol. The average Bonchev–Trinajstić information content (AvgIpc) is 2.84. The van der Waals surface area contributed by atoms with E-state index in [2.05, 4.69) is 6.92 Å². The number of carbonyl (C=O) groups excluding carboxylic acids is 1. The second kappa shape index (κ2) is 6.03. The molecule has 1 aliphatic carbocycles. The third kappa shape index (κ3) is 3.59. The molecule has 1 aliphatic rings. The molecule has 0 aromatic carbocycles. The number of carbonyl (C=O) groups is 2. The van der Waals surface area contributed by atoms with Crippen LogP contribution >= 0.6 is 0 Å². The van der Waals surface area contributed by atoms with Gasteiger partial charge in [0.1, 0.15) is 0 Å². The Morgan fingerprint density at radius 1 is 1.33 bits per heavy atom. The lowest BCUT2D eigenvalue weighted by Gasteiger charge is -2.00. The lowest BCUT2D eigenvalue weighted by molar-refractivity contribution is -0.140. The first-order valence-electron chi connectivity index (χ1n) is 6.49. The Bertz CT molecular complexity index is 344. The molecule has 0 heterocycles. The van der Waals surface area contributed by atoms with Crippen molar-refractivity contribution in [2.24, 2.45) is 17.3 Å². The molecule has 2 atom stereocenters. The Morgan fingerprint density at radius 3 is 2.50 bits per heavy atom. The minimum atomic E-state index is -0.800. The lowest BCUT2D eigenvalue weighted by atomic mass is 10.1. The van der Waals surface area contributed by atoms with Crippen molar-refractivity contribution in [2.45, 2.75) is 40.0 Å². The molecule has 4 nitrogen and oxygen atoms in total. The van der Waals surface area contributed by atoms with Crippen molar-refractivity contribution in [1.29, 1.82) is 0 Å². The quantitative estimate of drug-likeness (QED) is 0.431. The van der Waals surface area contributed by atoms with E-state index in [1.54, 1.807) is 6.08 Å². The molecule has 102 valence electrons. The molecule has 1 rings (SSSR count). The van der Waals surface area contributed by atoms with Crippen LogP contribution in [0.15, 0.2) is 12.2 Å². The van der Waals surface area contributed by atoms with Crippen molar-refractivity contribution >= 4 is 11.9 Å². The van der Waals surface area contributed by atoms with E-state index in [-0.39, 0.29) is 23.2 Å². The molecular weight excluding hydrogens is 232 g/mol. The molecule has 1 saturated carbocycles. The second-order valence-electron chi connectivity index (χ2n) is 5.40. The summed E-state index contributed by atoms with van der Waals surface area (Å²) in [6.45, 7) is 6.32. The van der Waals surface area contributed by atoms with Gasteiger partial charge in [0.05, 0.1) is 12.5 Å². The first kappa shape index (κ1) is 14.7. The smallest absolute Gasteiger partial charge is 0.330 e. The van der Waals surface area contributed by atoms with Crippen LogP contribution in [0.3, 0.4) is 0 Å². The van der Waals surface area contributed by atoms with Crippen LogP contribution < -0.4 is 0 Å². The third-order valence-electron chi connectivity index (χ3n) is 3.61. The molecule has 18 heavy (non-hydrogen) atoms. The molecule has 0 spiro atoms. The van der Waals surface area contributed by atoms with Crippen LogP contribution in [0.5, 0.6) is 0 Å². The predicted octanol–water partition coefficient (Wildman–Crippen LogP) is 2.63. The molecular formula is C14H22O4.